The van der Waals surface area contributed by atoms with Crippen LogP contribution >= 0.6 is 0 Å². The molecule has 0 amide bonds. The van der Waals surface area contributed by atoms with E-state index in [1.54, 1.807) is 19.3 Å². The Morgan fingerprint density at radius 3 is 2.43 bits per heavy atom. The molecule has 0 bridgehead atoms. The number of carbonyl (C=O) groups is 1. The number of hydrogen-bond donors (Lipinski definition) is 0. The van der Waals surface area contributed by atoms with Crippen LogP contribution < -0.4 is 0 Å². The van der Waals surface area contributed by atoms with Crippen molar-refractivity contribution < 1.29 is 4.79 Å². The van der Waals surface area contributed by atoms with Crippen molar-refractivity contribution in [1.82, 2.24) is 9.88 Å². The molecular formula is C11H16N2O. The van der Waals surface area contributed by atoms with Gasteiger partial charge in [0.1, 0.15) is 5.78 Å². The Balaban J connectivity index is 2.83. The summed E-state index contributed by atoms with van der Waals surface area (Å²) in [5.41, 5.74) is 1.14. The highest BCUT2D eigenvalue weighted by atomic mass is 16.1. The van der Waals surface area contributed by atoms with Gasteiger partial charge in [0.15, 0.2) is 0 Å². The molecule has 1 aromatic heterocycles. The van der Waals surface area contributed by atoms with Crippen LogP contribution in [-0.4, -0.2) is 29.8 Å². The van der Waals surface area contributed by atoms with Crippen molar-refractivity contribution in [1.29, 1.82) is 0 Å². The highest BCUT2D eigenvalue weighted by Crippen LogP contribution is 2.20. The monoisotopic (exact) mass is 192 g/mol. The Bertz CT molecular complexity index is 295. The van der Waals surface area contributed by atoms with E-state index in [2.05, 4.69) is 9.88 Å². The lowest BCUT2D eigenvalue weighted by atomic mass is 10.0. The predicted molar refractivity (Wildman–Crippen MR) is 56.0 cm³/mol. The Labute approximate surface area is 84.8 Å². The first-order chi connectivity index (χ1) is 6.61. The quantitative estimate of drug-likeness (QED) is 0.727. The van der Waals surface area contributed by atoms with Gasteiger partial charge in [0.05, 0.1) is 0 Å². The smallest absolute Gasteiger partial charge is 0.131 e. The largest absolute Gasteiger partial charge is 0.302 e. The summed E-state index contributed by atoms with van der Waals surface area (Å²) in [5.74, 6) is 0.209. The standard InChI is InChI=1S/C11H16N2O/c1-9(14)8-11(13(2)3)10-4-6-12-7-5-10/h4-7,11H,8H2,1-3H3. The number of nitrogens with zero attached hydrogens (tertiary/aromatic N) is 2. The molecule has 1 aromatic rings. The van der Waals surface area contributed by atoms with Crippen molar-refractivity contribution in [3.8, 4) is 0 Å². The average Bonchev–Trinajstić information content (AvgIpc) is 2.15. The summed E-state index contributed by atoms with van der Waals surface area (Å²) in [7, 11) is 3.96. The van der Waals surface area contributed by atoms with E-state index < -0.39 is 0 Å². The first-order valence-electron chi connectivity index (χ1n) is 4.67. The summed E-state index contributed by atoms with van der Waals surface area (Å²) in [6, 6.07) is 4.07. The highest BCUT2D eigenvalue weighted by Gasteiger charge is 2.15. The highest BCUT2D eigenvalue weighted by molar-refractivity contribution is 5.76. The molecule has 0 N–H and O–H groups in total. The minimum Gasteiger partial charge on any atom is -0.302 e. The molecule has 1 atom stereocenters. The summed E-state index contributed by atoms with van der Waals surface area (Å²) < 4.78 is 0. The van der Waals surface area contributed by atoms with Crippen LogP contribution in [0.4, 0.5) is 0 Å². The Kier molecular flexibility index (Phi) is 3.77. The third kappa shape index (κ3) is 2.92. The zero-order chi connectivity index (χ0) is 10.6. The number of hydrogen-bond acceptors (Lipinski definition) is 3. The summed E-state index contributed by atoms with van der Waals surface area (Å²) in [5, 5.41) is 0. The summed E-state index contributed by atoms with van der Waals surface area (Å²) in [6.45, 7) is 1.62. The van der Waals surface area contributed by atoms with Gasteiger partial charge in [-0.15, -0.1) is 0 Å². The van der Waals surface area contributed by atoms with E-state index in [4.69, 9.17) is 0 Å². The fourth-order valence-corrected chi connectivity index (χ4v) is 1.46. The first kappa shape index (κ1) is 10.9. The third-order valence-corrected chi connectivity index (χ3v) is 2.20. The van der Waals surface area contributed by atoms with E-state index in [1.807, 2.05) is 26.2 Å². The minimum absolute atomic E-state index is 0.162. The lowest BCUT2D eigenvalue weighted by Gasteiger charge is -2.23. The molecule has 3 nitrogen and oxygen atoms in total. The molecule has 0 radical (unpaired) electrons. The SMILES string of the molecule is CC(=O)CC(c1ccncc1)N(C)C. The van der Waals surface area contributed by atoms with E-state index in [9.17, 15) is 4.79 Å². The zero-order valence-electron chi connectivity index (χ0n) is 8.90. The second-order valence-corrected chi connectivity index (χ2v) is 3.67. The van der Waals surface area contributed by atoms with Crippen molar-refractivity contribution in [2.24, 2.45) is 0 Å². The van der Waals surface area contributed by atoms with Gasteiger partial charge in [-0.25, -0.2) is 0 Å². The molecule has 0 fully saturated rings. The van der Waals surface area contributed by atoms with E-state index in [-0.39, 0.29) is 11.8 Å². The maximum absolute atomic E-state index is 11.1. The number of rotatable bonds is 4. The second-order valence-electron chi connectivity index (χ2n) is 3.67. The van der Waals surface area contributed by atoms with Crippen LogP contribution in [-0.2, 0) is 4.79 Å². The molecule has 0 aliphatic rings. The first-order valence-corrected chi connectivity index (χ1v) is 4.67. The summed E-state index contributed by atoms with van der Waals surface area (Å²) in [4.78, 5) is 17.1. The number of pyridine rings is 1. The van der Waals surface area contributed by atoms with Crippen LogP contribution in [0.2, 0.25) is 0 Å². The molecule has 0 aliphatic carbocycles. The van der Waals surface area contributed by atoms with Crippen LogP contribution in [0.25, 0.3) is 0 Å². The van der Waals surface area contributed by atoms with Gasteiger partial charge >= 0.3 is 0 Å². The molecule has 3 heteroatoms. The molecular weight excluding hydrogens is 176 g/mol. The summed E-state index contributed by atoms with van der Waals surface area (Å²) in [6.07, 6.45) is 4.06. The summed E-state index contributed by atoms with van der Waals surface area (Å²) >= 11 is 0. The van der Waals surface area contributed by atoms with Crippen molar-refractivity contribution in [3.05, 3.63) is 30.1 Å². The molecule has 14 heavy (non-hydrogen) atoms. The molecule has 1 heterocycles. The maximum atomic E-state index is 11.1. The van der Waals surface area contributed by atoms with E-state index >= 15 is 0 Å². The Morgan fingerprint density at radius 2 is 2.00 bits per heavy atom. The van der Waals surface area contributed by atoms with Crippen molar-refractivity contribution in [2.75, 3.05) is 14.1 Å². The fourth-order valence-electron chi connectivity index (χ4n) is 1.46. The number of ketones is 1. The van der Waals surface area contributed by atoms with E-state index in [1.165, 1.54) is 0 Å². The minimum atomic E-state index is 0.162. The molecule has 0 saturated carbocycles. The molecule has 0 spiro atoms. The normalized spacial score (nSPS) is 12.9. The molecule has 76 valence electrons. The molecule has 1 rings (SSSR count). The van der Waals surface area contributed by atoms with Crippen LogP contribution in [0, 0.1) is 0 Å². The molecule has 0 aromatic carbocycles. The molecule has 0 saturated heterocycles. The van der Waals surface area contributed by atoms with Gasteiger partial charge in [-0.2, -0.15) is 0 Å². The van der Waals surface area contributed by atoms with Gasteiger partial charge in [0.25, 0.3) is 0 Å². The number of Topliss-reactive ketones (excluding diaryl/α,β-unsaturated/α-hetero) is 1. The Morgan fingerprint density at radius 1 is 1.43 bits per heavy atom. The van der Waals surface area contributed by atoms with E-state index in [0.29, 0.717) is 6.42 Å². The van der Waals surface area contributed by atoms with Crippen LogP contribution in [0.15, 0.2) is 24.5 Å². The van der Waals surface area contributed by atoms with E-state index in [0.717, 1.165) is 5.56 Å². The maximum Gasteiger partial charge on any atom is 0.131 e. The lowest BCUT2D eigenvalue weighted by molar-refractivity contribution is -0.118. The molecule has 0 aliphatic heterocycles. The van der Waals surface area contributed by atoms with Crippen molar-refractivity contribution in [3.63, 3.8) is 0 Å². The lowest BCUT2D eigenvalue weighted by Crippen LogP contribution is -2.22. The van der Waals surface area contributed by atoms with Gasteiger partial charge in [-0.1, -0.05) is 0 Å². The number of carbonyl (C=O) groups excluding carboxylic acids is 1. The van der Waals surface area contributed by atoms with Crippen molar-refractivity contribution >= 4 is 5.78 Å². The predicted octanol–water partition coefficient (Wildman–Crippen LogP) is 1.66. The van der Waals surface area contributed by atoms with Gasteiger partial charge in [0, 0.05) is 24.9 Å². The van der Waals surface area contributed by atoms with Crippen LogP contribution in [0.5, 0.6) is 0 Å². The second kappa shape index (κ2) is 4.86. The van der Waals surface area contributed by atoms with Gasteiger partial charge in [-0.3, -0.25) is 9.78 Å². The Hall–Kier alpha value is -1.22. The molecule has 1 unspecified atom stereocenters. The third-order valence-electron chi connectivity index (χ3n) is 2.20. The van der Waals surface area contributed by atoms with Gasteiger partial charge < -0.3 is 4.90 Å². The van der Waals surface area contributed by atoms with Crippen molar-refractivity contribution in [2.45, 2.75) is 19.4 Å². The van der Waals surface area contributed by atoms with Crippen LogP contribution in [0.1, 0.15) is 24.9 Å². The van der Waals surface area contributed by atoms with Crippen LogP contribution in [0.3, 0.4) is 0 Å². The van der Waals surface area contributed by atoms with Gasteiger partial charge in [-0.05, 0) is 38.7 Å². The average molecular weight is 192 g/mol. The zero-order valence-corrected chi connectivity index (χ0v) is 8.90. The number of aromatic nitrogens is 1. The fraction of sp³-hybridized carbons (Fsp3) is 0.455. The topological polar surface area (TPSA) is 33.2 Å². The van der Waals surface area contributed by atoms with Gasteiger partial charge in [0.2, 0.25) is 0 Å².